The predicted octanol–water partition coefficient (Wildman–Crippen LogP) is 1.21. The third-order valence-electron chi connectivity index (χ3n) is 2.67. The second-order valence-corrected chi connectivity index (χ2v) is 3.75. The van der Waals surface area contributed by atoms with Crippen molar-refractivity contribution in [3.05, 3.63) is 41.0 Å². The molecule has 1 aliphatic rings. The summed E-state index contributed by atoms with van der Waals surface area (Å²) in [6.45, 7) is 0. The first kappa shape index (κ1) is 9.93. The molecule has 3 N–H and O–H groups in total. The van der Waals surface area contributed by atoms with E-state index in [0.29, 0.717) is 6.42 Å². The number of aliphatic carboxylic acids is 1. The van der Waals surface area contributed by atoms with Gasteiger partial charge >= 0.3 is 5.97 Å². The van der Waals surface area contributed by atoms with E-state index < -0.39 is 12.0 Å². The van der Waals surface area contributed by atoms with E-state index >= 15 is 0 Å². The van der Waals surface area contributed by atoms with Gasteiger partial charge in [0.2, 0.25) is 0 Å². The minimum Gasteiger partial charge on any atom is -0.480 e. The second-order valence-electron chi connectivity index (χ2n) is 3.75. The third kappa shape index (κ3) is 1.92. The predicted molar refractivity (Wildman–Crippen MR) is 58.5 cm³/mol. The molecule has 0 bridgehead atoms. The number of carboxylic acid groups (broad SMARTS) is 1. The highest BCUT2D eigenvalue weighted by Gasteiger charge is 2.16. The first-order valence-corrected chi connectivity index (χ1v) is 4.94. The first-order valence-electron chi connectivity index (χ1n) is 4.94. The summed E-state index contributed by atoms with van der Waals surface area (Å²) >= 11 is 0. The van der Waals surface area contributed by atoms with Gasteiger partial charge in [0.1, 0.15) is 6.04 Å². The number of nitrogens with two attached hydrogens (primary N) is 1. The Morgan fingerprint density at radius 2 is 2.33 bits per heavy atom. The number of benzene rings is 1. The Morgan fingerprint density at radius 1 is 1.53 bits per heavy atom. The molecule has 0 fully saturated rings. The van der Waals surface area contributed by atoms with Crippen LogP contribution in [0.5, 0.6) is 0 Å². The summed E-state index contributed by atoms with van der Waals surface area (Å²) in [6, 6.07) is 5.14. The number of carbonyl (C=O) groups is 1. The maximum atomic E-state index is 10.7. The maximum absolute atomic E-state index is 10.7. The van der Waals surface area contributed by atoms with Crippen LogP contribution >= 0.6 is 0 Å². The molecule has 1 atom stereocenters. The van der Waals surface area contributed by atoms with Crippen molar-refractivity contribution in [2.45, 2.75) is 18.9 Å². The fourth-order valence-electron chi connectivity index (χ4n) is 1.86. The zero-order chi connectivity index (χ0) is 10.8. The van der Waals surface area contributed by atoms with Crippen LogP contribution in [-0.4, -0.2) is 17.1 Å². The van der Waals surface area contributed by atoms with E-state index in [0.717, 1.165) is 17.5 Å². The monoisotopic (exact) mass is 203 g/mol. The van der Waals surface area contributed by atoms with Crippen molar-refractivity contribution < 1.29 is 9.90 Å². The van der Waals surface area contributed by atoms with Gasteiger partial charge in [-0.05, 0) is 29.5 Å². The van der Waals surface area contributed by atoms with Crippen molar-refractivity contribution in [2.75, 3.05) is 0 Å². The summed E-state index contributed by atoms with van der Waals surface area (Å²) in [5.74, 6) is -0.949. The highest BCUT2D eigenvalue weighted by atomic mass is 16.4. The normalized spacial score (nSPS) is 15.0. The summed E-state index contributed by atoms with van der Waals surface area (Å²) < 4.78 is 0. The fraction of sp³-hybridized carbons (Fsp3) is 0.250. The third-order valence-corrected chi connectivity index (χ3v) is 2.67. The van der Waals surface area contributed by atoms with Crippen molar-refractivity contribution in [1.82, 2.24) is 0 Å². The molecule has 0 saturated heterocycles. The summed E-state index contributed by atoms with van der Waals surface area (Å²) in [7, 11) is 0. The smallest absolute Gasteiger partial charge is 0.320 e. The summed E-state index contributed by atoms with van der Waals surface area (Å²) in [5.41, 5.74) is 8.95. The summed E-state index contributed by atoms with van der Waals surface area (Å²) in [5, 5.41) is 8.75. The Hall–Kier alpha value is -1.61. The number of hydrogen-bond acceptors (Lipinski definition) is 2. The molecule has 0 saturated carbocycles. The van der Waals surface area contributed by atoms with Crippen LogP contribution in [0.2, 0.25) is 0 Å². The van der Waals surface area contributed by atoms with E-state index in [2.05, 4.69) is 12.1 Å². The molecule has 0 aromatic heterocycles. The molecule has 1 aliphatic carbocycles. The van der Waals surface area contributed by atoms with Gasteiger partial charge in [-0.25, -0.2) is 0 Å². The molecule has 3 nitrogen and oxygen atoms in total. The average Bonchev–Trinajstić information content (AvgIpc) is 2.66. The van der Waals surface area contributed by atoms with Gasteiger partial charge in [0.05, 0.1) is 0 Å². The molecule has 15 heavy (non-hydrogen) atoms. The number of carboxylic acids is 1. The molecule has 0 radical (unpaired) electrons. The van der Waals surface area contributed by atoms with Crippen LogP contribution in [0.3, 0.4) is 0 Å². The largest absolute Gasteiger partial charge is 0.480 e. The fourth-order valence-corrected chi connectivity index (χ4v) is 1.86. The quantitative estimate of drug-likeness (QED) is 0.776. The lowest BCUT2D eigenvalue weighted by molar-refractivity contribution is -0.138. The number of allylic oxidation sites excluding steroid dienone is 1. The van der Waals surface area contributed by atoms with E-state index in [1.807, 2.05) is 18.2 Å². The van der Waals surface area contributed by atoms with Crippen LogP contribution < -0.4 is 5.73 Å². The Labute approximate surface area is 88.2 Å². The van der Waals surface area contributed by atoms with Crippen molar-refractivity contribution >= 4 is 12.0 Å². The van der Waals surface area contributed by atoms with E-state index in [1.165, 1.54) is 5.56 Å². The SMILES string of the molecule is NC(Cc1cccc2c1C=CC2)C(=O)O. The Balaban J connectivity index is 2.26. The Kier molecular flexibility index (Phi) is 2.56. The van der Waals surface area contributed by atoms with Gasteiger partial charge in [-0.2, -0.15) is 0 Å². The van der Waals surface area contributed by atoms with Crippen molar-refractivity contribution in [1.29, 1.82) is 0 Å². The van der Waals surface area contributed by atoms with E-state index in [4.69, 9.17) is 10.8 Å². The first-order chi connectivity index (χ1) is 7.18. The van der Waals surface area contributed by atoms with Crippen LogP contribution in [0.15, 0.2) is 24.3 Å². The average molecular weight is 203 g/mol. The van der Waals surface area contributed by atoms with Crippen molar-refractivity contribution in [3.63, 3.8) is 0 Å². The summed E-state index contributed by atoms with van der Waals surface area (Å²) in [4.78, 5) is 10.7. The lowest BCUT2D eigenvalue weighted by Crippen LogP contribution is -2.32. The standard InChI is InChI=1S/C12H13NO2/c13-11(12(14)15)7-9-5-1-3-8-4-2-6-10(8)9/h1-3,5-6,11H,4,7,13H2,(H,14,15). The molecular weight excluding hydrogens is 190 g/mol. The van der Waals surface area contributed by atoms with E-state index in [-0.39, 0.29) is 0 Å². The van der Waals surface area contributed by atoms with Gasteiger partial charge in [0.25, 0.3) is 0 Å². The highest BCUT2D eigenvalue weighted by molar-refractivity contribution is 5.74. The van der Waals surface area contributed by atoms with Crippen LogP contribution in [-0.2, 0) is 17.6 Å². The molecule has 0 spiro atoms. The minimum absolute atomic E-state index is 0.392. The Bertz CT molecular complexity index is 424. The number of fused-ring (bicyclic) bond motifs is 1. The molecule has 1 aromatic carbocycles. The van der Waals surface area contributed by atoms with Gasteiger partial charge in [-0.15, -0.1) is 0 Å². The maximum Gasteiger partial charge on any atom is 0.320 e. The molecule has 1 unspecified atom stereocenters. The van der Waals surface area contributed by atoms with E-state index in [1.54, 1.807) is 0 Å². The second kappa shape index (κ2) is 3.87. The topological polar surface area (TPSA) is 63.3 Å². The molecule has 3 heteroatoms. The zero-order valence-electron chi connectivity index (χ0n) is 8.31. The van der Waals surface area contributed by atoms with Gasteiger partial charge < -0.3 is 10.8 Å². The number of rotatable bonds is 3. The van der Waals surface area contributed by atoms with Gasteiger partial charge in [0, 0.05) is 0 Å². The Morgan fingerprint density at radius 3 is 3.07 bits per heavy atom. The lowest BCUT2D eigenvalue weighted by Gasteiger charge is -2.10. The molecule has 0 aliphatic heterocycles. The van der Waals surface area contributed by atoms with Gasteiger partial charge in [-0.1, -0.05) is 30.4 Å². The summed E-state index contributed by atoms with van der Waals surface area (Å²) in [6.07, 6.45) is 5.45. The number of hydrogen-bond donors (Lipinski definition) is 2. The van der Waals surface area contributed by atoms with Gasteiger partial charge in [0.15, 0.2) is 0 Å². The van der Waals surface area contributed by atoms with Crippen LogP contribution in [0.4, 0.5) is 0 Å². The minimum atomic E-state index is -0.949. The highest BCUT2D eigenvalue weighted by Crippen LogP contribution is 2.23. The lowest BCUT2D eigenvalue weighted by atomic mass is 9.98. The molecular formula is C12H13NO2. The molecule has 0 amide bonds. The van der Waals surface area contributed by atoms with Crippen LogP contribution in [0.1, 0.15) is 16.7 Å². The van der Waals surface area contributed by atoms with Gasteiger partial charge in [-0.3, -0.25) is 4.79 Å². The van der Waals surface area contributed by atoms with Crippen LogP contribution in [0, 0.1) is 0 Å². The molecule has 78 valence electrons. The van der Waals surface area contributed by atoms with Crippen molar-refractivity contribution in [3.8, 4) is 0 Å². The van der Waals surface area contributed by atoms with E-state index in [9.17, 15) is 4.79 Å². The molecule has 2 rings (SSSR count). The molecule has 0 heterocycles. The van der Waals surface area contributed by atoms with Crippen molar-refractivity contribution in [2.24, 2.45) is 5.73 Å². The van der Waals surface area contributed by atoms with Crippen LogP contribution in [0.25, 0.3) is 6.08 Å². The molecule has 1 aromatic rings. The zero-order valence-corrected chi connectivity index (χ0v) is 8.31.